The van der Waals surface area contributed by atoms with Crippen molar-refractivity contribution < 1.29 is 9.53 Å². The van der Waals surface area contributed by atoms with Gasteiger partial charge in [0, 0.05) is 0 Å². The Morgan fingerprint density at radius 1 is 1.59 bits per heavy atom. The van der Waals surface area contributed by atoms with Crippen molar-refractivity contribution >= 4 is 12.0 Å². The third-order valence-electron chi connectivity index (χ3n) is 2.03. The van der Waals surface area contributed by atoms with Gasteiger partial charge in [0.05, 0.1) is 6.61 Å². The number of nitrogens with zero attached hydrogens (tertiary/aromatic N) is 1. The first-order valence-electron chi connectivity index (χ1n) is 5.32. The second kappa shape index (κ2) is 6.33. The van der Waals surface area contributed by atoms with Gasteiger partial charge in [0.25, 0.3) is 5.91 Å². The molecule has 0 atom stereocenters. The quantitative estimate of drug-likeness (QED) is 0.619. The van der Waals surface area contributed by atoms with Gasteiger partial charge < -0.3 is 10.5 Å². The van der Waals surface area contributed by atoms with Gasteiger partial charge in [-0.15, -0.1) is 0 Å². The van der Waals surface area contributed by atoms with Crippen LogP contribution in [0.2, 0.25) is 0 Å². The molecular weight excluding hydrogens is 216 g/mol. The fourth-order valence-corrected chi connectivity index (χ4v) is 1.24. The lowest BCUT2D eigenvalue weighted by atomic mass is 10.1. The molecule has 2 N–H and O–H groups in total. The number of carbonyl (C=O) groups is 1. The zero-order valence-corrected chi connectivity index (χ0v) is 9.64. The number of nitrogens with two attached hydrogens (primary N) is 1. The summed E-state index contributed by atoms with van der Waals surface area (Å²) in [4.78, 5) is 10.9. The summed E-state index contributed by atoms with van der Waals surface area (Å²) >= 11 is 0. The molecule has 0 aliphatic carbocycles. The molecule has 0 saturated heterocycles. The Kier molecular flexibility index (Phi) is 4.77. The van der Waals surface area contributed by atoms with E-state index in [-0.39, 0.29) is 5.57 Å². The molecule has 0 unspecified atom stereocenters. The van der Waals surface area contributed by atoms with Crippen LogP contribution in [0.1, 0.15) is 18.9 Å². The van der Waals surface area contributed by atoms with Crippen LogP contribution in [0.25, 0.3) is 6.08 Å². The number of nitriles is 1. The van der Waals surface area contributed by atoms with Crippen LogP contribution in [0, 0.1) is 11.3 Å². The Hall–Kier alpha value is -2.28. The van der Waals surface area contributed by atoms with Gasteiger partial charge in [0.1, 0.15) is 17.4 Å². The van der Waals surface area contributed by atoms with Crippen molar-refractivity contribution in [1.82, 2.24) is 0 Å². The van der Waals surface area contributed by atoms with Gasteiger partial charge in [-0.1, -0.05) is 19.1 Å². The Morgan fingerprint density at radius 2 is 2.35 bits per heavy atom. The van der Waals surface area contributed by atoms with Crippen molar-refractivity contribution in [3.63, 3.8) is 0 Å². The van der Waals surface area contributed by atoms with E-state index >= 15 is 0 Å². The molecular formula is C13H14N2O2. The highest BCUT2D eigenvalue weighted by Crippen LogP contribution is 2.16. The number of amides is 1. The fraction of sp³-hybridized carbons (Fsp3) is 0.231. The van der Waals surface area contributed by atoms with Crippen molar-refractivity contribution in [3.05, 3.63) is 35.4 Å². The molecule has 4 heteroatoms. The Labute approximate surface area is 100 Å². The SMILES string of the molecule is CCCOc1cccc(C=C(C#N)C(N)=O)c1. The number of rotatable bonds is 5. The maximum absolute atomic E-state index is 10.9. The summed E-state index contributed by atoms with van der Waals surface area (Å²) < 4.78 is 5.44. The molecule has 88 valence electrons. The highest BCUT2D eigenvalue weighted by Gasteiger charge is 2.03. The van der Waals surface area contributed by atoms with E-state index in [9.17, 15) is 4.79 Å². The van der Waals surface area contributed by atoms with Gasteiger partial charge in [0.2, 0.25) is 0 Å². The van der Waals surface area contributed by atoms with E-state index in [4.69, 9.17) is 15.7 Å². The van der Waals surface area contributed by atoms with Crippen LogP contribution in [0.5, 0.6) is 5.75 Å². The molecule has 0 bridgehead atoms. The molecule has 1 aromatic carbocycles. The second-order valence-corrected chi connectivity index (χ2v) is 3.46. The lowest BCUT2D eigenvalue weighted by molar-refractivity contribution is -0.114. The standard InChI is InChI=1S/C13H14N2O2/c1-2-6-17-12-5-3-4-10(8-12)7-11(9-14)13(15)16/h3-5,7-8H,2,6H2,1H3,(H2,15,16). The van der Waals surface area contributed by atoms with E-state index in [2.05, 4.69) is 0 Å². The highest BCUT2D eigenvalue weighted by atomic mass is 16.5. The molecule has 0 fully saturated rings. The van der Waals surface area contributed by atoms with E-state index in [1.165, 1.54) is 6.08 Å². The molecule has 1 amide bonds. The molecule has 1 aromatic rings. The summed E-state index contributed by atoms with van der Waals surface area (Å²) in [5.41, 5.74) is 5.70. The molecule has 0 radical (unpaired) electrons. The van der Waals surface area contributed by atoms with Crippen molar-refractivity contribution in [3.8, 4) is 11.8 Å². The molecule has 1 rings (SSSR count). The van der Waals surface area contributed by atoms with Crippen molar-refractivity contribution in [2.24, 2.45) is 5.73 Å². The van der Waals surface area contributed by atoms with Crippen LogP contribution in [-0.4, -0.2) is 12.5 Å². The number of benzene rings is 1. The zero-order chi connectivity index (χ0) is 12.7. The predicted octanol–water partition coefficient (Wildman–Crippen LogP) is 1.87. The van der Waals surface area contributed by atoms with Crippen LogP contribution in [0.4, 0.5) is 0 Å². The largest absolute Gasteiger partial charge is 0.494 e. The van der Waals surface area contributed by atoms with Crippen LogP contribution in [0.15, 0.2) is 29.8 Å². The monoisotopic (exact) mass is 230 g/mol. The third-order valence-corrected chi connectivity index (χ3v) is 2.03. The predicted molar refractivity (Wildman–Crippen MR) is 65.0 cm³/mol. The highest BCUT2D eigenvalue weighted by molar-refractivity contribution is 6.00. The molecule has 0 heterocycles. The van der Waals surface area contributed by atoms with Crippen LogP contribution in [-0.2, 0) is 4.79 Å². The van der Waals surface area contributed by atoms with E-state index in [1.54, 1.807) is 24.3 Å². The normalized spacial score (nSPS) is 10.7. The number of hydrogen-bond donors (Lipinski definition) is 1. The summed E-state index contributed by atoms with van der Waals surface area (Å²) in [7, 11) is 0. The first-order valence-corrected chi connectivity index (χ1v) is 5.32. The molecule has 0 aromatic heterocycles. The van der Waals surface area contributed by atoms with Gasteiger partial charge in [-0.05, 0) is 30.2 Å². The van der Waals surface area contributed by atoms with E-state index in [0.29, 0.717) is 17.9 Å². The number of ether oxygens (including phenoxy) is 1. The Bertz CT molecular complexity index is 473. The van der Waals surface area contributed by atoms with E-state index < -0.39 is 5.91 Å². The molecule has 0 spiro atoms. The molecule has 0 saturated carbocycles. The Balaban J connectivity index is 2.92. The summed E-state index contributed by atoms with van der Waals surface area (Å²) in [5.74, 6) is -0.0188. The average molecular weight is 230 g/mol. The minimum atomic E-state index is -0.729. The molecule has 17 heavy (non-hydrogen) atoms. The van der Waals surface area contributed by atoms with E-state index in [1.807, 2.05) is 13.0 Å². The summed E-state index contributed by atoms with van der Waals surface area (Å²) in [6.07, 6.45) is 2.37. The minimum Gasteiger partial charge on any atom is -0.494 e. The van der Waals surface area contributed by atoms with Crippen molar-refractivity contribution in [2.45, 2.75) is 13.3 Å². The number of primary amides is 1. The third kappa shape index (κ3) is 3.99. The number of hydrogen-bond acceptors (Lipinski definition) is 3. The van der Waals surface area contributed by atoms with Gasteiger partial charge in [0.15, 0.2) is 0 Å². The maximum Gasteiger partial charge on any atom is 0.259 e. The number of carbonyl (C=O) groups excluding carboxylic acids is 1. The minimum absolute atomic E-state index is 0.0716. The second-order valence-electron chi connectivity index (χ2n) is 3.46. The van der Waals surface area contributed by atoms with E-state index in [0.717, 1.165) is 6.42 Å². The smallest absolute Gasteiger partial charge is 0.259 e. The average Bonchev–Trinajstić information content (AvgIpc) is 2.33. The van der Waals surface area contributed by atoms with Crippen LogP contribution >= 0.6 is 0 Å². The lowest BCUT2D eigenvalue weighted by Gasteiger charge is -2.04. The first kappa shape index (κ1) is 12.8. The van der Waals surface area contributed by atoms with Crippen molar-refractivity contribution in [2.75, 3.05) is 6.61 Å². The fourth-order valence-electron chi connectivity index (χ4n) is 1.24. The summed E-state index contributed by atoms with van der Waals surface area (Å²) in [6, 6.07) is 8.92. The summed E-state index contributed by atoms with van der Waals surface area (Å²) in [6.45, 7) is 2.65. The van der Waals surface area contributed by atoms with Gasteiger partial charge >= 0.3 is 0 Å². The van der Waals surface area contributed by atoms with Crippen LogP contribution < -0.4 is 10.5 Å². The molecule has 4 nitrogen and oxygen atoms in total. The van der Waals surface area contributed by atoms with Gasteiger partial charge in [-0.3, -0.25) is 4.79 Å². The first-order chi connectivity index (χ1) is 8.17. The Morgan fingerprint density at radius 3 is 2.94 bits per heavy atom. The maximum atomic E-state index is 10.9. The van der Waals surface area contributed by atoms with Gasteiger partial charge in [-0.25, -0.2) is 0 Å². The van der Waals surface area contributed by atoms with Gasteiger partial charge in [-0.2, -0.15) is 5.26 Å². The van der Waals surface area contributed by atoms with Crippen LogP contribution in [0.3, 0.4) is 0 Å². The molecule has 0 aliphatic rings. The lowest BCUT2D eigenvalue weighted by Crippen LogP contribution is -2.12. The topological polar surface area (TPSA) is 76.1 Å². The summed E-state index contributed by atoms with van der Waals surface area (Å²) in [5, 5.41) is 8.72. The zero-order valence-electron chi connectivity index (χ0n) is 9.64. The van der Waals surface area contributed by atoms with Crippen molar-refractivity contribution in [1.29, 1.82) is 5.26 Å². The molecule has 0 aliphatic heterocycles.